The van der Waals surface area contributed by atoms with E-state index in [-0.39, 0.29) is 18.2 Å². The summed E-state index contributed by atoms with van der Waals surface area (Å²) in [5, 5.41) is 18.3. The van der Waals surface area contributed by atoms with Gasteiger partial charge in [-0.1, -0.05) is 79.0 Å². The van der Waals surface area contributed by atoms with E-state index in [1.807, 2.05) is 24.3 Å². The Morgan fingerprint density at radius 2 is 1.55 bits per heavy atom. The van der Waals surface area contributed by atoms with Crippen LogP contribution in [0.5, 0.6) is 0 Å². The van der Waals surface area contributed by atoms with Gasteiger partial charge in [0.1, 0.15) is 0 Å². The van der Waals surface area contributed by atoms with E-state index in [1.54, 1.807) is 54.6 Å². The molecule has 3 N–H and O–H groups in total. The second kappa shape index (κ2) is 13.9. The molecule has 1 fully saturated rings. The predicted molar refractivity (Wildman–Crippen MR) is 173 cm³/mol. The zero-order valence-corrected chi connectivity index (χ0v) is 25.3. The first-order chi connectivity index (χ1) is 22.7. The number of tetrazole rings is 1. The summed E-state index contributed by atoms with van der Waals surface area (Å²) in [4.78, 5) is 28.0. The molecular weight excluding hydrogens is 607 g/mol. The molecule has 0 radical (unpaired) electrons. The minimum absolute atomic E-state index is 0.0148. The quantitative estimate of drug-likeness (QED) is 0.158. The largest absolute Gasteiger partial charge is 0.416 e. The van der Waals surface area contributed by atoms with E-state index in [9.17, 15) is 22.8 Å². The third-order valence-electron chi connectivity index (χ3n) is 8.27. The number of benzene rings is 4. The number of carbonyl (C=O) groups is 2. The summed E-state index contributed by atoms with van der Waals surface area (Å²) in [6, 6.07) is 26.0. The summed E-state index contributed by atoms with van der Waals surface area (Å²) in [7, 11) is 0. The first kappa shape index (κ1) is 31.5. The molecule has 0 unspecified atom stereocenters. The average Bonchev–Trinajstić information content (AvgIpc) is 3.61. The van der Waals surface area contributed by atoms with Crippen LogP contribution >= 0.6 is 0 Å². The van der Waals surface area contributed by atoms with Gasteiger partial charge in [-0.3, -0.25) is 15.0 Å². The van der Waals surface area contributed by atoms with E-state index in [4.69, 9.17) is 0 Å². The molecule has 1 saturated carbocycles. The number of nitrogens with zero attached hydrogens (tertiary/aromatic N) is 4. The molecule has 0 aliphatic heterocycles. The summed E-state index contributed by atoms with van der Waals surface area (Å²) in [5.41, 5.74) is 2.88. The van der Waals surface area contributed by atoms with E-state index in [1.165, 1.54) is 35.8 Å². The van der Waals surface area contributed by atoms with Crippen molar-refractivity contribution in [3.63, 3.8) is 0 Å². The topological polar surface area (TPSA) is 116 Å². The van der Waals surface area contributed by atoms with Crippen molar-refractivity contribution in [3.05, 3.63) is 119 Å². The molecule has 0 saturated heterocycles. The van der Waals surface area contributed by atoms with Crippen LogP contribution in [-0.2, 0) is 12.7 Å². The smallest absolute Gasteiger partial charge is 0.307 e. The first-order valence-corrected chi connectivity index (χ1v) is 15.3. The fourth-order valence-corrected chi connectivity index (χ4v) is 5.83. The number of anilines is 3. The standard InChI is InChI=1S/C35H32F3N7O2/c36-35(37,38)29-19-28(25-9-5-2-6-10-25)20-30(21-29)39-34(47)45(31-17-15-26(16-18-31)24-7-3-1-4-8-24)22-23-11-13-27(14-12-23)32(46)40-33-41-43-44-42-33/h2,5-6,9-21,24H,1,3-4,7-8,22H2,(H,39,47)(H2,40,41,42,43,44,46). The third-order valence-corrected chi connectivity index (χ3v) is 8.27. The van der Waals surface area contributed by atoms with Gasteiger partial charge in [-0.05, 0) is 88.7 Å². The highest BCUT2D eigenvalue weighted by Crippen LogP contribution is 2.36. The van der Waals surface area contributed by atoms with Crippen LogP contribution in [0.2, 0.25) is 0 Å². The van der Waals surface area contributed by atoms with Crippen molar-refractivity contribution in [1.82, 2.24) is 20.6 Å². The van der Waals surface area contributed by atoms with Crippen LogP contribution < -0.4 is 15.5 Å². The number of amides is 3. The highest BCUT2D eigenvalue weighted by Gasteiger charge is 2.32. The van der Waals surface area contributed by atoms with Gasteiger partial charge in [0.2, 0.25) is 0 Å². The van der Waals surface area contributed by atoms with Gasteiger partial charge in [-0.2, -0.15) is 18.4 Å². The van der Waals surface area contributed by atoms with Crippen LogP contribution in [0.4, 0.5) is 35.3 Å². The second-order valence-corrected chi connectivity index (χ2v) is 11.5. The van der Waals surface area contributed by atoms with Gasteiger partial charge in [-0.25, -0.2) is 4.79 Å². The molecule has 5 aromatic rings. The number of aromatic nitrogens is 4. The van der Waals surface area contributed by atoms with Crippen LogP contribution in [0, 0.1) is 0 Å². The molecule has 3 amide bonds. The van der Waals surface area contributed by atoms with Crippen molar-refractivity contribution >= 4 is 29.3 Å². The lowest BCUT2D eigenvalue weighted by Gasteiger charge is -2.26. The Kier molecular flexibility index (Phi) is 9.28. The lowest BCUT2D eigenvalue weighted by Crippen LogP contribution is -2.34. The zero-order valence-electron chi connectivity index (χ0n) is 25.3. The number of urea groups is 1. The van der Waals surface area contributed by atoms with E-state index in [0.29, 0.717) is 33.9 Å². The number of hydrogen-bond donors (Lipinski definition) is 3. The Morgan fingerprint density at radius 1 is 0.830 bits per heavy atom. The lowest BCUT2D eigenvalue weighted by atomic mass is 9.84. The molecule has 1 aromatic heterocycles. The number of hydrogen-bond acceptors (Lipinski definition) is 5. The molecule has 0 atom stereocenters. The van der Waals surface area contributed by atoms with E-state index >= 15 is 0 Å². The molecule has 47 heavy (non-hydrogen) atoms. The minimum Gasteiger partial charge on any atom is -0.307 e. The molecule has 1 aliphatic carbocycles. The Balaban J connectivity index is 1.28. The average molecular weight is 640 g/mol. The molecule has 0 spiro atoms. The van der Waals surface area contributed by atoms with Crippen molar-refractivity contribution in [3.8, 4) is 11.1 Å². The van der Waals surface area contributed by atoms with E-state index < -0.39 is 23.7 Å². The number of rotatable bonds is 8. The van der Waals surface area contributed by atoms with Gasteiger partial charge in [-0.15, -0.1) is 5.10 Å². The van der Waals surface area contributed by atoms with Crippen LogP contribution in [0.25, 0.3) is 11.1 Å². The molecule has 12 heteroatoms. The van der Waals surface area contributed by atoms with Crippen LogP contribution in [0.15, 0.2) is 97.1 Å². The van der Waals surface area contributed by atoms with E-state index in [2.05, 4.69) is 31.3 Å². The molecule has 1 aliphatic rings. The fourth-order valence-electron chi connectivity index (χ4n) is 5.83. The van der Waals surface area contributed by atoms with Crippen molar-refractivity contribution in [2.24, 2.45) is 0 Å². The number of halogens is 3. The number of nitrogens with one attached hydrogen (secondary N) is 3. The van der Waals surface area contributed by atoms with Gasteiger partial charge in [0.25, 0.3) is 11.9 Å². The Labute approximate surface area is 269 Å². The maximum absolute atomic E-state index is 13.9. The Hall–Kier alpha value is -5.52. The van der Waals surface area contributed by atoms with Crippen molar-refractivity contribution in [2.75, 3.05) is 15.5 Å². The van der Waals surface area contributed by atoms with Gasteiger partial charge >= 0.3 is 12.2 Å². The predicted octanol–water partition coefficient (Wildman–Crippen LogP) is 8.42. The Morgan fingerprint density at radius 3 is 2.21 bits per heavy atom. The summed E-state index contributed by atoms with van der Waals surface area (Å²) in [6.07, 6.45) is 1.24. The minimum atomic E-state index is -4.61. The molecule has 240 valence electrons. The maximum Gasteiger partial charge on any atom is 0.416 e. The number of alkyl halides is 3. The van der Waals surface area contributed by atoms with Crippen molar-refractivity contribution < 1.29 is 22.8 Å². The van der Waals surface area contributed by atoms with Gasteiger partial charge in [0, 0.05) is 16.9 Å². The maximum atomic E-state index is 13.9. The molecule has 4 aromatic carbocycles. The second-order valence-electron chi connectivity index (χ2n) is 11.5. The van der Waals surface area contributed by atoms with Crippen LogP contribution in [0.3, 0.4) is 0 Å². The molecule has 1 heterocycles. The zero-order chi connectivity index (χ0) is 32.8. The van der Waals surface area contributed by atoms with Gasteiger partial charge < -0.3 is 5.32 Å². The van der Waals surface area contributed by atoms with Crippen molar-refractivity contribution in [2.45, 2.75) is 50.7 Å². The van der Waals surface area contributed by atoms with Gasteiger partial charge in [0.05, 0.1) is 12.1 Å². The highest BCUT2D eigenvalue weighted by atomic mass is 19.4. The van der Waals surface area contributed by atoms with Gasteiger partial charge in [0.15, 0.2) is 0 Å². The molecule has 9 nitrogen and oxygen atoms in total. The monoisotopic (exact) mass is 639 g/mol. The highest BCUT2D eigenvalue weighted by molar-refractivity contribution is 6.03. The van der Waals surface area contributed by atoms with Crippen LogP contribution in [-0.4, -0.2) is 32.6 Å². The molecule has 0 bridgehead atoms. The van der Waals surface area contributed by atoms with E-state index in [0.717, 1.165) is 25.0 Å². The Bertz CT molecular complexity index is 1810. The van der Waals surface area contributed by atoms with Crippen molar-refractivity contribution in [1.29, 1.82) is 0 Å². The molecule has 6 rings (SSSR count). The summed E-state index contributed by atoms with van der Waals surface area (Å²) in [6.45, 7) is 0.0891. The number of carbonyl (C=O) groups excluding carboxylic acids is 2. The summed E-state index contributed by atoms with van der Waals surface area (Å²) < 4.78 is 41.8. The first-order valence-electron chi connectivity index (χ1n) is 15.3. The molecular formula is C35H32F3N7O2. The van der Waals surface area contributed by atoms with Crippen LogP contribution in [0.1, 0.15) is 65.1 Å². The fraction of sp³-hybridized carbons (Fsp3) is 0.229. The SMILES string of the molecule is O=C(Nc1nn[nH]n1)c1ccc(CN(C(=O)Nc2cc(-c3ccccc3)cc(C(F)(F)F)c2)c2ccc(C3CCCCC3)cc2)cc1. The third kappa shape index (κ3) is 7.83. The summed E-state index contributed by atoms with van der Waals surface area (Å²) >= 11 is 0. The summed E-state index contributed by atoms with van der Waals surface area (Å²) in [5.74, 6) is 0.0564. The lowest BCUT2D eigenvalue weighted by molar-refractivity contribution is -0.137. The normalized spacial score (nSPS) is 13.6. The number of H-pyrrole nitrogens is 1. The number of aromatic amines is 1.